The molecule has 220 valence electrons. The largest absolute Gasteiger partial charge is 0.481 e. The van der Waals surface area contributed by atoms with Crippen molar-refractivity contribution in [3.63, 3.8) is 0 Å². The molecule has 1 fully saturated rings. The Morgan fingerprint density at radius 3 is 2.58 bits per heavy atom. The van der Waals surface area contributed by atoms with E-state index in [1.54, 1.807) is 13.2 Å². The highest BCUT2D eigenvalue weighted by atomic mass is 32.1. The Labute approximate surface area is 250 Å². The fourth-order valence-corrected chi connectivity index (χ4v) is 6.39. The van der Waals surface area contributed by atoms with Gasteiger partial charge in [-0.2, -0.15) is 4.39 Å². The third-order valence-corrected chi connectivity index (χ3v) is 8.66. The van der Waals surface area contributed by atoms with Gasteiger partial charge < -0.3 is 5.11 Å². The molecular weight excluding hydrogens is 574 g/mol. The number of nitrogens with zero attached hydrogens (tertiary/aromatic N) is 4. The third kappa shape index (κ3) is 5.90. The molecule has 0 bridgehead atoms. The molecule has 2 aromatic carbocycles. The van der Waals surface area contributed by atoms with Crippen molar-refractivity contribution in [2.45, 2.75) is 44.6 Å². The van der Waals surface area contributed by atoms with Crippen LogP contribution >= 0.6 is 11.3 Å². The summed E-state index contributed by atoms with van der Waals surface area (Å²) >= 11 is 0.687. The van der Waals surface area contributed by atoms with Gasteiger partial charge >= 0.3 is 5.97 Å². The quantitative estimate of drug-likeness (QED) is 0.256. The van der Waals surface area contributed by atoms with Crippen LogP contribution in [0.1, 0.15) is 36.8 Å². The van der Waals surface area contributed by atoms with Crippen molar-refractivity contribution >= 4 is 40.1 Å². The minimum atomic E-state index is -1.10. The number of carboxylic acid groups (broad SMARTS) is 1. The lowest BCUT2D eigenvalue weighted by Crippen LogP contribution is -2.39. The van der Waals surface area contributed by atoms with Crippen LogP contribution in [0.2, 0.25) is 0 Å². The normalized spacial score (nSPS) is 15.2. The number of fused-ring (bicyclic) bond motifs is 1. The van der Waals surface area contributed by atoms with Crippen LogP contribution in [0.4, 0.5) is 19.7 Å². The number of amides is 2. The van der Waals surface area contributed by atoms with Gasteiger partial charge in [0.05, 0.1) is 12.3 Å². The average molecular weight is 603 g/mol. The number of aryl methyl sites for hydroxylation is 1. The van der Waals surface area contributed by atoms with Crippen LogP contribution in [-0.2, 0) is 27.2 Å². The summed E-state index contributed by atoms with van der Waals surface area (Å²) < 4.78 is 30.3. The lowest BCUT2D eigenvalue weighted by molar-refractivity contribution is -0.140. The van der Waals surface area contributed by atoms with E-state index in [9.17, 15) is 23.9 Å². The summed E-state index contributed by atoms with van der Waals surface area (Å²) in [6.45, 7) is 0. The van der Waals surface area contributed by atoms with Crippen LogP contribution < -0.4 is 9.80 Å². The Kier molecular flexibility index (Phi) is 7.74. The van der Waals surface area contributed by atoms with E-state index in [0.717, 1.165) is 11.1 Å². The first-order chi connectivity index (χ1) is 20.7. The lowest BCUT2D eigenvalue weighted by Gasteiger charge is -2.25. The second-order valence-corrected chi connectivity index (χ2v) is 11.8. The summed E-state index contributed by atoms with van der Waals surface area (Å²) in [5.41, 5.74) is 2.90. The van der Waals surface area contributed by atoms with Gasteiger partial charge in [0.2, 0.25) is 16.9 Å². The molecule has 2 aromatic heterocycles. The predicted octanol–water partition coefficient (Wildman–Crippen LogP) is 5.89. The molecule has 11 heteroatoms. The number of rotatable bonds is 9. The molecule has 0 radical (unpaired) electrons. The van der Waals surface area contributed by atoms with Gasteiger partial charge in [0, 0.05) is 36.8 Å². The molecule has 0 spiro atoms. The Bertz CT molecular complexity index is 1720. The average Bonchev–Trinajstić information content (AvgIpc) is 3.75. The summed E-state index contributed by atoms with van der Waals surface area (Å²) in [6.07, 6.45) is 3.63. The number of carboxylic acids is 1. The zero-order chi connectivity index (χ0) is 30.2. The number of benzene rings is 2. The van der Waals surface area contributed by atoms with Crippen molar-refractivity contribution in [1.29, 1.82) is 0 Å². The molecule has 0 saturated heterocycles. The monoisotopic (exact) mass is 602 g/mol. The fraction of sp³-hybridized carbons (Fsp3) is 0.281. The Balaban J connectivity index is 1.37. The highest BCUT2D eigenvalue weighted by Gasteiger charge is 2.40. The van der Waals surface area contributed by atoms with Crippen molar-refractivity contribution in [2.75, 3.05) is 16.8 Å². The van der Waals surface area contributed by atoms with E-state index in [-0.39, 0.29) is 41.2 Å². The first-order valence-electron chi connectivity index (χ1n) is 14.0. The SMILES string of the molecule is CN1C(=O)CCc2cc(-c3ccc(F)cc3-c3nc(N(C(=O)C(CC(=O)O)Cc4ccccc4)C4CC4)sc3F)cnc21. The van der Waals surface area contributed by atoms with Gasteiger partial charge in [-0.1, -0.05) is 47.7 Å². The van der Waals surface area contributed by atoms with Gasteiger partial charge in [-0.25, -0.2) is 14.4 Å². The number of aromatic nitrogens is 2. The second-order valence-electron chi connectivity index (χ2n) is 10.9. The molecule has 8 nitrogen and oxygen atoms in total. The number of carbonyl (C=O) groups excluding carboxylic acids is 2. The smallest absolute Gasteiger partial charge is 0.304 e. The van der Waals surface area contributed by atoms with E-state index in [4.69, 9.17) is 0 Å². The third-order valence-electron chi connectivity index (χ3n) is 7.82. The fourth-order valence-electron chi connectivity index (χ4n) is 5.50. The Morgan fingerprint density at radius 1 is 1.09 bits per heavy atom. The highest BCUT2D eigenvalue weighted by Crippen LogP contribution is 2.42. The van der Waals surface area contributed by atoms with E-state index in [1.807, 2.05) is 36.4 Å². The number of hydrogen-bond acceptors (Lipinski definition) is 6. The molecule has 1 aliphatic carbocycles. The number of anilines is 2. The van der Waals surface area contributed by atoms with Crippen LogP contribution in [-0.4, -0.2) is 45.9 Å². The number of halogens is 2. The van der Waals surface area contributed by atoms with Crippen LogP contribution in [0.25, 0.3) is 22.4 Å². The lowest BCUT2D eigenvalue weighted by atomic mass is 9.94. The minimum absolute atomic E-state index is 0.0311. The van der Waals surface area contributed by atoms with Gasteiger partial charge in [0.25, 0.3) is 0 Å². The standard InChI is InChI=1S/C32H28F2N4O4S/c1-37-26(39)12-7-19-14-21(17-35-30(19)37)24-11-8-22(33)16-25(24)28-29(34)43-32(36-28)38(23-9-10-23)31(42)20(15-27(40)41)13-18-5-3-2-4-6-18/h2-6,8,11,14,16-17,20,23H,7,9-10,12-13,15H2,1H3,(H,40,41). The summed E-state index contributed by atoms with van der Waals surface area (Å²) in [5, 5.41) is 9.00. The van der Waals surface area contributed by atoms with Crippen LogP contribution in [0.5, 0.6) is 0 Å². The molecule has 1 unspecified atom stereocenters. The zero-order valence-electron chi connectivity index (χ0n) is 23.3. The molecule has 1 aliphatic heterocycles. The van der Waals surface area contributed by atoms with Gasteiger partial charge in [-0.15, -0.1) is 0 Å². The van der Waals surface area contributed by atoms with Crippen molar-refractivity contribution in [3.8, 4) is 22.4 Å². The minimum Gasteiger partial charge on any atom is -0.481 e. The molecule has 4 aromatic rings. The van der Waals surface area contributed by atoms with E-state index < -0.39 is 28.7 Å². The first kappa shape index (κ1) is 28.6. The number of carbonyl (C=O) groups is 3. The number of aliphatic carboxylic acids is 1. The topological polar surface area (TPSA) is 104 Å². The summed E-state index contributed by atoms with van der Waals surface area (Å²) in [4.78, 5) is 49.6. The molecule has 1 N–H and O–H groups in total. The zero-order valence-corrected chi connectivity index (χ0v) is 24.1. The van der Waals surface area contributed by atoms with Crippen molar-refractivity contribution < 1.29 is 28.3 Å². The summed E-state index contributed by atoms with van der Waals surface area (Å²) in [6, 6.07) is 14.8. The van der Waals surface area contributed by atoms with E-state index >= 15 is 4.39 Å². The van der Waals surface area contributed by atoms with Crippen LogP contribution in [0.3, 0.4) is 0 Å². The molecular formula is C32H28F2N4O4S. The van der Waals surface area contributed by atoms with Gasteiger partial charge in [-0.05, 0) is 60.6 Å². The maximum atomic E-state index is 15.7. The van der Waals surface area contributed by atoms with Crippen molar-refractivity contribution in [2.24, 2.45) is 5.92 Å². The molecule has 2 amide bonds. The summed E-state index contributed by atoms with van der Waals surface area (Å²) in [5.74, 6) is -2.45. The molecule has 1 atom stereocenters. The summed E-state index contributed by atoms with van der Waals surface area (Å²) in [7, 11) is 1.66. The molecule has 2 aliphatic rings. The molecule has 43 heavy (non-hydrogen) atoms. The van der Waals surface area contributed by atoms with Crippen LogP contribution in [0, 0.1) is 16.9 Å². The number of pyridine rings is 1. The van der Waals surface area contributed by atoms with Crippen molar-refractivity contribution in [3.05, 3.63) is 82.9 Å². The van der Waals surface area contributed by atoms with Gasteiger partial charge in [0.1, 0.15) is 17.3 Å². The first-order valence-corrected chi connectivity index (χ1v) is 14.8. The number of hydrogen-bond donors (Lipinski definition) is 1. The maximum absolute atomic E-state index is 15.7. The molecule has 1 saturated carbocycles. The van der Waals surface area contributed by atoms with Gasteiger partial charge in [0.15, 0.2) is 5.13 Å². The second kappa shape index (κ2) is 11.6. The highest BCUT2D eigenvalue weighted by molar-refractivity contribution is 7.14. The molecule has 6 rings (SSSR count). The van der Waals surface area contributed by atoms with Crippen molar-refractivity contribution in [1.82, 2.24) is 9.97 Å². The van der Waals surface area contributed by atoms with E-state index in [2.05, 4.69) is 9.97 Å². The number of thiazole rings is 1. The predicted molar refractivity (Wildman–Crippen MR) is 159 cm³/mol. The van der Waals surface area contributed by atoms with Crippen LogP contribution in [0.15, 0.2) is 60.8 Å². The Hall–Kier alpha value is -4.51. The molecule has 3 heterocycles. The van der Waals surface area contributed by atoms with E-state index in [1.165, 1.54) is 28.0 Å². The van der Waals surface area contributed by atoms with Gasteiger partial charge in [-0.3, -0.25) is 24.2 Å². The Morgan fingerprint density at radius 2 is 1.86 bits per heavy atom. The maximum Gasteiger partial charge on any atom is 0.304 e. The van der Waals surface area contributed by atoms with E-state index in [0.29, 0.717) is 54.0 Å².